The molecule has 2 nitrogen and oxygen atoms in total. The Morgan fingerprint density at radius 1 is 1.21 bits per heavy atom. The molecule has 2 heteroatoms. The summed E-state index contributed by atoms with van der Waals surface area (Å²) in [4.78, 5) is 0. The molecule has 1 aromatic carbocycles. The minimum absolute atomic E-state index is 0.126. The van der Waals surface area contributed by atoms with Gasteiger partial charge in [-0.25, -0.2) is 0 Å². The van der Waals surface area contributed by atoms with Crippen LogP contribution in [-0.4, -0.2) is 11.2 Å². The van der Waals surface area contributed by atoms with E-state index < -0.39 is 5.60 Å². The topological polar surface area (TPSA) is 29.5 Å². The molecule has 0 bridgehead atoms. The fourth-order valence-electron chi connectivity index (χ4n) is 3.16. The summed E-state index contributed by atoms with van der Waals surface area (Å²) in [6.07, 6.45) is 3.23. The van der Waals surface area contributed by atoms with E-state index in [1.54, 1.807) is 0 Å². The van der Waals surface area contributed by atoms with Gasteiger partial charge in [0.1, 0.15) is 5.75 Å². The second-order valence-electron chi connectivity index (χ2n) is 6.37. The highest BCUT2D eigenvalue weighted by Crippen LogP contribution is 2.46. The molecule has 2 rings (SSSR count). The Labute approximate surface area is 116 Å². The van der Waals surface area contributed by atoms with Gasteiger partial charge >= 0.3 is 0 Å². The molecular weight excluding hydrogens is 236 g/mol. The standard InChI is InChI=1S/C17H26O2/c1-12(2)19-16-8-6-5-7-15(16)17(18)11-13(3)9-10-14(17)4/h5-8,12-14,18H,9-11H2,1-4H3. The molecule has 0 aliphatic heterocycles. The third-order valence-corrected chi connectivity index (χ3v) is 4.28. The van der Waals surface area contributed by atoms with Gasteiger partial charge < -0.3 is 9.84 Å². The Bertz CT molecular complexity index is 427. The number of rotatable bonds is 3. The second kappa shape index (κ2) is 5.54. The zero-order valence-corrected chi connectivity index (χ0v) is 12.5. The lowest BCUT2D eigenvalue weighted by molar-refractivity contribution is -0.0647. The summed E-state index contributed by atoms with van der Waals surface area (Å²) >= 11 is 0. The van der Waals surface area contributed by atoms with Crippen LogP contribution in [0.2, 0.25) is 0 Å². The minimum Gasteiger partial charge on any atom is -0.491 e. The Morgan fingerprint density at radius 3 is 2.58 bits per heavy atom. The van der Waals surface area contributed by atoms with Gasteiger partial charge in [-0.3, -0.25) is 0 Å². The van der Waals surface area contributed by atoms with E-state index in [4.69, 9.17) is 4.74 Å². The molecule has 1 fully saturated rings. The maximum atomic E-state index is 11.2. The molecule has 0 radical (unpaired) electrons. The molecule has 0 saturated heterocycles. The zero-order chi connectivity index (χ0) is 14.0. The Morgan fingerprint density at radius 2 is 1.89 bits per heavy atom. The first-order valence-corrected chi connectivity index (χ1v) is 7.42. The largest absolute Gasteiger partial charge is 0.491 e. The highest BCUT2D eigenvalue weighted by Gasteiger charge is 2.42. The first-order valence-electron chi connectivity index (χ1n) is 7.42. The van der Waals surface area contributed by atoms with E-state index in [1.165, 1.54) is 6.42 Å². The summed E-state index contributed by atoms with van der Waals surface area (Å²) < 4.78 is 5.89. The lowest BCUT2D eigenvalue weighted by Crippen LogP contribution is -2.39. The van der Waals surface area contributed by atoms with Crippen molar-refractivity contribution in [3.63, 3.8) is 0 Å². The van der Waals surface area contributed by atoms with Gasteiger partial charge in [-0.2, -0.15) is 0 Å². The molecule has 0 spiro atoms. The number of para-hydroxylation sites is 1. The summed E-state index contributed by atoms with van der Waals surface area (Å²) in [5.41, 5.74) is 0.214. The van der Waals surface area contributed by atoms with Crippen LogP contribution >= 0.6 is 0 Å². The Balaban J connectivity index is 2.38. The molecule has 0 amide bonds. The van der Waals surface area contributed by atoms with Crippen LogP contribution in [0.3, 0.4) is 0 Å². The molecule has 3 atom stereocenters. The van der Waals surface area contributed by atoms with Gasteiger partial charge in [0, 0.05) is 5.56 Å². The molecule has 1 aliphatic carbocycles. The van der Waals surface area contributed by atoms with Crippen molar-refractivity contribution in [2.45, 2.75) is 58.7 Å². The van der Waals surface area contributed by atoms with E-state index in [0.717, 1.165) is 24.2 Å². The molecule has 1 N–H and O–H groups in total. The molecule has 19 heavy (non-hydrogen) atoms. The van der Waals surface area contributed by atoms with Crippen LogP contribution in [0.25, 0.3) is 0 Å². The Kier molecular flexibility index (Phi) is 4.19. The van der Waals surface area contributed by atoms with E-state index >= 15 is 0 Å². The highest BCUT2D eigenvalue weighted by atomic mass is 16.5. The van der Waals surface area contributed by atoms with Gasteiger partial charge in [0.25, 0.3) is 0 Å². The van der Waals surface area contributed by atoms with Crippen molar-refractivity contribution in [1.82, 2.24) is 0 Å². The predicted octanol–water partition coefficient (Wildman–Crippen LogP) is 4.12. The third kappa shape index (κ3) is 2.94. The zero-order valence-electron chi connectivity index (χ0n) is 12.5. The molecule has 1 aromatic rings. The molecule has 1 saturated carbocycles. The van der Waals surface area contributed by atoms with Crippen LogP contribution < -0.4 is 4.74 Å². The maximum Gasteiger partial charge on any atom is 0.125 e. The number of hydrogen-bond acceptors (Lipinski definition) is 2. The molecule has 0 heterocycles. The molecule has 1 aliphatic rings. The minimum atomic E-state index is -0.747. The van der Waals surface area contributed by atoms with E-state index in [9.17, 15) is 5.11 Å². The van der Waals surface area contributed by atoms with Gasteiger partial charge in [0.05, 0.1) is 11.7 Å². The van der Waals surface area contributed by atoms with Gasteiger partial charge in [-0.15, -0.1) is 0 Å². The van der Waals surface area contributed by atoms with Gasteiger partial charge in [0.2, 0.25) is 0 Å². The van der Waals surface area contributed by atoms with Crippen molar-refractivity contribution in [2.24, 2.45) is 11.8 Å². The number of benzene rings is 1. The quantitative estimate of drug-likeness (QED) is 0.888. The van der Waals surface area contributed by atoms with Crippen molar-refractivity contribution < 1.29 is 9.84 Å². The summed E-state index contributed by atoms with van der Waals surface area (Å²) in [5.74, 6) is 1.68. The summed E-state index contributed by atoms with van der Waals surface area (Å²) in [6, 6.07) is 7.96. The average Bonchev–Trinajstić information content (AvgIpc) is 2.34. The summed E-state index contributed by atoms with van der Waals surface area (Å²) in [6.45, 7) is 8.42. The number of aliphatic hydroxyl groups is 1. The SMILES string of the molecule is CC1CCC(C)C(O)(c2ccccc2OC(C)C)C1. The van der Waals surface area contributed by atoms with E-state index in [-0.39, 0.29) is 12.0 Å². The number of hydrogen-bond donors (Lipinski definition) is 1. The van der Waals surface area contributed by atoms with Gasteiger partial charge in [-0.1, -0.05) is 38.5 Å². The van der Waals surface area contributed by atoms with E-state index in [0.29, 0.717) is 5.92 Å². The summed E-state index contributed by atoms with van der Waals surface area (Å²) in [5, 5.41) is 11.2. The molecular formula is C17H26O2. The van der Waals surface area contributed by atoms with E-state index in [2.05, 4.69) is 13.8 Å². The van der Waals surface area contributed by atoms with Gasteiger partial charge in [0.15, 0.2) is 0 Å². The van der Waals surface area contributed by atoms with E-state index in [1.807, 2.05) is 38.1 Å². The van der Waals surface area contributed by atoms with Gasteiger partial charge in [-0.05, 0) is 44.6 Å². The van der Waals surface area contributed by atoms with Crippen molar-refractivity contribution in [1.29, 1.82) is 0 Å². The lowest BCUT2D eigenvalue weighted by atomic mass is 9.68. The van der Waals surface area contributed by atoms with Crippen molar-refractivity contribution >= 4 is 0 Å². The third-order valence-electron chi connectivity index (χ3n) is 4.28. The summed E-state index contributed by atoms with van der Waals surface area (Å²) in [7, 11) is 0. The van der Waals surface area contributed by atoms with Crippen LogP contribution in [0, 0.1) is 11.8 Å². The fourth-order valence-corrected chi connectivity index (χ4v) is 3.16. The first kappa shape index (κ1) is 14.4. The smallest absolute Gasteiger partial charge is 0.125 e. The maximum absolute atomic E-state index is 11.2. The predicted molar refractivity (Wildman–Crippen MR) is 78.3 cm³/mol. The average molecular weight is 262 g/mol. The fraction of sp³-hybridized carbons (Fsp3) is 0.647. The first-order chi connectivity index (χ1) is 8.93. The van der Waals surface area contributed by atoms with Crippen LogP contribution in [0.1, 0.15) is 52.5 Å². The van der Waals surface area contributed by atoms with Crippen LogP contribution in [0.4, 0.5) is 0 Å². The second-order valence-corrected chi connectivity index (χ2v) is 6.37. The van der Waals surface area contributed by atoms with Crippen molar-refractivity contribution in [3.05, 3.63) is 29.8 Å². The molecule has 3 unspecified atom stereocenters. The molecule has 0 aromatic heterocycles. The van der Waals surface area contributed by atoms with Crippen LogP contribution in [0.15, 0.2) is 24.3 Å². The van der Waals surface area contributed by atoms with Crippen molar-refractivity contribution in [2.75, 3.05) is 0 Å². The van der Waals surface area contributed by atoms with Crippen LogP contribution in [-0.2, 0) is 5.60 Å². The number of ether oxygens (including phenoxy) is 1. The van der Waals surface area contributed by atoms with Crippen molar-refractivity contribution in [3.8, 4) is 5.75 Å². The Hall–Kier alpha value is -1.02. The highest BCUT2D eigenvalue weighted by molar-refractivity contribution is 5.39. The monoisotopic (exact) mass is 262 g/mol. The normalized spacial score (nSPS) is 31.5. The lowest BCUT2D eigenvalue weighted by Gasteiger charge is -2.42. The van der Waals surface area contributed by atoms with Crippen LogP contribution in [0.5, 0.6) is 5.75 Å². The molecule has 106 valence electrons.